The second-order valence-corrected chi connectivity index (χ2v) is 4.20. The highest BCUT2D eigenvalue weighted by atomic mass is 16.1. The first-order chi connectivity index (χ1) is 7.72. The Morgan fingerprint density at radius 2 is 2.31 bits per heavy atom. The second-order valence-electron chi connectivity index (χ2n) is 4.20. The van der Waals surface area contributed by atoms with Crippen LogP contribution in [0.25, 0.3) is 0 Å². The number of hydrogen-bond donors (Lipinski definition) is 2. The Hall–Kier alpha value is -1.35. The van der Waals surface area contributed by atoms with Gasteiger partial charge in [0.25, 0.3) is 5.91 Å². The smallest absolute Gasteiger partial charge is 0.251 e. The third-order valence-corrected chi connectivity index (χ3v) is 3.07. The van der Waals surface area contributed by atoms with E-state index in [2.05, 4.69) is 36.6 Å². The Morgan fingerprint density at radius 3 is 3.06 bits per heavy atom. The second kappa shape index (κ2) is 4.66. The lowest BCUT2D eigenvalue weighted by molar-refractivity contribution is 0.0946. The van der Waals surface area contributed by atoms with Crippen molar-refractivity contribution in [3.8, 4) is 0 Å². The van der Waals surface area contributed by atoms with E-state index in [4.69, 9.17) is 0 Å². The maximum absolute atomic E-state index is 11.7. The van der Waals surface area contributed by atoms with Crippen LogP contribution in [0.2, 0.25) is 0 Å². The van der Waals surface area contributed by atoms with Crippen molar-refractivity contribution in [1.82, 2.24) is 10.6 Å². The summed E-state index contributed by atoms with van der Waals surface area (Å²) in [5, 5.41) is 6.23. The van der Waals surface area contributed by atoms with Gasteiger partial charge >= 0.3 is 0 Å². The molecule has 0 fully saturated rings. The molecule has 3 heteroatoms. The lowest BCUT2D eigenvalue weighted by Crippen LogP contribution is -2.32. The average molecular weight is 218 g/mol. The van der Waals surface area contributed by atoms with Crippen LogP contribution in [0.3, 0.4) is 0 Å². The number of carbonyl (C=O) groups excluding carboxylic acids is 1. The summed E-state index contributed by atoms with van der Waals surface area (Å²) in [6, 6.07) is 6.50. The predicted molar refractivity (Wildman–Crippen MR) is 64.6 cm³/mol. The summed E-state index contributed by atoms with van der Waals surface area (Å²) in [4.78, 5) is 11.7. The quantitative estimate of drug-likeness (QED) is 0.810. The zero-order valence-corrected chi connectivity index (χ0v) is 9.84. The molecule has 16 heavy (non-hydrogen) atoms. The van der Waals surface area contributed by atoms with Gasteiger partial charge in [-0.1, -0.05) is 19.1 Å². The fourth-order valence-electron chi connectivity index (χ4n) is 2.12. The molecule has 1 heterocycles. The first-order valence-corrected chi connectivity index (χ1v) is 5.86. The molecule has 0 aromatic heterocycles. The molecule has 1 atom stereocenters. The Labute approximate surface area is 96.2 Å². The van der Waals surface area contributed by atoms with Crippen LogP contribution in [0.15, 0.2) is 18.2 Å². The van der Waals surface area contributed by atoms with Crippen molar-refractivity contribution in [1.29, 1.82) is 0 Å². The van der Waals surface area contributed by atoms with E-state index in [1.54, 1.807) is 0 Å². The predicted octanol–water partition coefficient (Wildman–Crippen LogP) is 1.64. The molecule has 3 nitrogen and oxygen atoms in total. The number of amides is 1. The van der Waals surface area contributed by atoms with Gasteiger partial charge in [0.2, 0.25) is 0 Å². The molecule has 0 aliphatic carbocycles. The molecule has 86 valence electrons. The minimum Gasteiger partial charge on any atom is -0.352 e. The number of benzene rings is 1. The number of hydrogen-bond acceptors (Lipinski definition) is 2. The summed E-state index contributed by atoms with van der Waals surface area (Å²) in [7, 11) is 0. The van der Waals surface area contributed by atoms with Gasteiger partial charge in [-0.05, 0) is 37.1 Å². The molecule has 1 unspecified atom stereocenters. The Bertz CT molecular complexity index is 401. The van der Waals surface area contributed by atoms with Gasteiger partial charge in [0.15, 0.2) is 0 Å². The minimum atomic E-state index is 0.0619. The third-order valence-electron chi connectivity index (χ3n) is 3.07. The van der Waals surface area contributed by atoms with Gasteiger partial charge in [-0.3, -0.25) is 4.79 Å². The van der Waals surface area contributed by atoms with Crippen molar-refractivity contribution >= 4 is 5.91 Å². The molecule has 0 saturated carbocycles. The van der Waals surface area contributed by atoms with Crippen LogP contribution in [-0.2, 0) is 6.42 Å². The van der Waals surface area contributed by atoms with E-state index in [1.165, 1.54) is 5.56 Å². The zero-order valence-electron chi connectivity index (χ0n) is 9.84. The maximum atomic E-state index is 11.7. The number of fused-ring (bicyclic) bond motifs is 1. The standard InChI is InChI=1S/C13H18N2O/c1-3-14-9(2)11-5-4-10-6-7-15-13(16)12(10)8-11/h4-5,8-9,14H,3,6-7H2,1-2H3,(H,15,16). The molecule has 1 aromatic carbocycles. The van der Waals surface area contributed by atoms with Crippen molar-refractivity contribution in [2.24, 2.45) is 0 Å². The van der Waals surface area contributed by atoms with Gasteiger partial charge in [0.05, 0.1) is 0 Å². The summed E-state index contributed by atoms with van der Waals surface area (Å²) in [5.74, 6) is 0.0619. The van der Waals surface area contributed by atoms with E-state index in [9.17, 15) is 4.79 Å². The van der Waals surface area contributed by atoms with E-state index in [1.807, 2.05) is 6.07 Å². The Morgan fingerprint density at radius 1 is 1.50 bits per heavy atom. The van der Waals surface area contributed by atoms with Crippen LogP contribution in [0, 0.1) is 0 Å². The van der Waals surface area contributed by atoms with Crippen molar-refractivity contribution in [3.63, 3.8) is 0 Å². The normalized spacial score (nSPS) is 16.5. The molecule has 1 aliphatic rings. The molecular formula is C13H18N2O. The van der Waals surface area contributed by atoms with Crippen LogP contribution in [0.1, 0.15) is 41.4 Å². The summed E-state index contributed by atoms with van der Waals surface area (Å²) < 4.78 is 0. The van der Waals surface area contributed by atoms with Gasteiger partial charge in [-0.15, -0.1) is 0 Å². The molecule has 0 spiro atoms. The topological polar surface area (TPSA) is 41.1 Å². The molecular weight excluding hydrogens is 200 g/mol. The highest BCUT2D eigenvalue weighted by Crippen LogP contribution is 2.20. The molecule has 0 radical (unpaired) electrons. The highest BCUT2D eigenvalue weighted by molar-refractivity contribution is 5.96. The molecule has 0 saturated heterocycles. The van der Waals surface area contributed by atoms with Crippen LogP contribution >= 0.6 is 0 Å². The maximum Gasteiger partial charge on any atom is 0.251 e. The molecule has 1 aromatic rings. The van der Waals surface area contributed by atoms with Crippen LogP contribution in [0.4, 0.5) is 0 Å². The lowest BCUT2D eigenvalue weighted by atomic mass is 9.96. The summed E-state index contributed by atoms with van der Waals surface area (Å²) in [6.45, 7) is 5.89. The number of carbonyl (C=O) groups is 1. The Balaban J connectivity index is 2.30. The van der Waals surface area contributed by atoms with Crippen molar-refractivity contribution in [2.75, 3.05) is 13.1 Å². The molecule has 1 amide bonds. The van der Waals surface area contributed by atoms with E-state index in [0.717, 1.165) is 30.6 Å². The fourth-order valence-corrected chi connectivity index (χ4v) is 2.12. The molecule has 2 rings (SSSR count). The van der Waals surface area contributed by atoms with Crippen molar-refractivity contribution in [3.05, 3.63) is 34.9 Å². The number of nitrogens with one attached hydrogen (secondary N) is 2. The zero-order chi connectivity index (χ0) is 11.5. The Kier molecular flexibility index (Phi) is 3.25. The largest absolute Gasteiger partial charge is 0.352 e. The van der Waals surface area contributed by atoms with E-state index >= 15 is 0 Å². The SMILES string of the molecule is CCNC(C)c1ccc2c(c1)C(=O)NCC2. The van der Waals surface area contributed by atoms with E-state index < -0.39 is 0 Å². The molecule has 2 N–H and O–H groups in total. The van der Waals surface area contributed by atoms with Crippen molar-refractivity contribution < 1.29 is 4.79 Å². The third kappa shape index (κ3) is 2.09. The minimum absolute atomic E-state index is 0.0619. The number of rotatable bonds is 3. The van der Waals surface area contributed by atoms with Gasteiger partial charge in [-0.2, -0.15) is 0 Å². The monoisotopic (exact) mass is 218 g/mol. The van der Waals surface area contributed by atoms with Crippen molar-refractivity contribution in [2.45, 2.75) is 26.3 Å². The van der Waals surface area contributed by atoms with Gasteiger partial charge in [0, 0.05) is 18.2 Å². The average Bonchev–Trinajstić information content (AvgIpc) is 2.29. The van der Waals surface area contributed by atoms with E-state index in [-0.39, 0.29) is 5.91 Å². The van der Waals surface area contributed by atoms with Crippen LogP contribution < -0.4 is 10.6 Å². The van der Waals surface area contributed by atoms with E-state index in [0.29, 0.717) is 6.04 Å². The molecule has 1 aliphatic heterocycles. The van der Waals surface area contributed by atoms with Gasteiger partial charge in [0.1, 0.15) is 0 Å². The summed E-state index contributed by atoms with van der Waals surface area (Å²) in [5.41, 5.74) is 3.18. The summed E-state index contributed by atoms with van der Waals surface area (Å²) in [6.07, 6.45) is 0.941. The lowest BCUT2D eigenvalue weighted by Gasteiger charge is -2.19. The highest BCUT2D eigenvalue weighted by Gasteiger charge is 2.17. The fraction of sp³-hybridized carbons (Fsp3) is 0.462. The van der Waals surface area contributed by atoms with Crippen LogP contribution in [0.5, 0.6) is 0 Å². The van der Waals surface area contributed by atoms with Gasteiger partial charge < -0.3 is 10.6 Å². The first-order valence-electron chi connectivity index (χ1n) is 5.86. The van der Waals surface area contributed by atoms with Gasteiger partial charge in [-0.25, -0.2) is 0 Å². The van der Waals surface area contributed by atoms with Crippen LogP contribution in [-0.4, -0.2) is 19.0 Å². The first kappa shape index (κ1) is 11.1. The molecule has 0 bridgehead atoms. The summed E-state index contributed by atoms with van der Waals surface area (Å²) >= 11 is 0.